The van der Waals surface area contributed by atoms with Gasteiger partial charge in [0.25, 0.3) is 6.10 Å². The Kier molecular flexibility index (Phi) is 7.20. The molecule has 206 valence electrons. The van der Waals surface area contributed by atoms with Gasteiger partial charge in [0.2, 0.25) is 0 Å². The van der Waals surface area contributed by atoms with Crippen LogP contribution in [0.4, 0.5) is 26.3 Å². The molecule has 2 bridgehead atoms. The van der Waals surface area contributed by atoms with E-state index >= 15 is 0 Å². The average molecular weight is 531 g/mol. The second kappa shape index (κ2) is 9.08. The third-order valence-corrected chi connectivity index (χ3v) is 7.78. The molecule has 6 nitrogen and oxygen atoms in total. The summed E-state index contributed by atoms with van der Waals surface area (Å²) >= 11 is 0. The first-order chi connectivity index (χ1) is 16.2. The number of carbonyl (C=O) groups is 3. The molecule has 0 aromatic rings. The third-order valence-electron chi connectivity index (χ3n) is 7.78. The third kappa shape index (κ3) is 5.32. The van der Waals surface area contributed by atoms with E-state index in [0.29, 0.717) is 6.42 Å². The molecule has 0 aromatic carbocycles. The van der Waals surface area contributed by atoms with Gasteiger partial charge in [-0.1, -0.05) is 34.6 Å². The maximum absolute atomic E-state index is 13.3. The molecule has 0 spiro atoms. The number of esters is 3. The maximum atomic E-state index is 13.3. The van der Waals surface area contributed by atoms with Gasteiger partial charge in [-0.2, -0.15) is 26.3 Å². The predicted molar refractivity (Wildman–Crippen MR) is 112 cm³/mol. The zero-order valence-corrected chi connectivity index (χ0v) is 21.0. The van der Waals surface area contributed by atoms with Gasteiger partial charge in [-0.3, -0.25) is 14.4 Å². The van der Waals surface area contributed by atoms with Crippen molar-refractivity contribution in [3.63, 3.8) is 0 Å². The van der Waals surface area contributed by atoms with E-state index in [2.05, 4.69) is 4.74 Å². The van der Waals surface area contributed by atoms with Crippen LogP contribution in [0.3, 0.4) is 0 Å². The van der Waals surface area contributed by atoms with Crippen LogP contribution in [0.1, 0.15) is 60.8 Å². The minimum Gasteiger partial charge on any atom is -0.458 e. The normalized spacial score (nSPS) is 31.9. The van der Waals surface area contributed by atoms with Gasteiger partial charge in [-0.25, -0.2) is 0 Å². The molecule has 0 radical (unpaired) electrons. The van der Waals surface area contributed by atoms with Crippen molar-refractivity contribution < 1.29 is 54.9 Å². The van der Waals surface area contributed by atoms with E-state index in [9.17, 15) is 40.7 Å². The Balaban J connectivity index is 1.83. The molecule has 7 unspecified atom stereocenters. The SMILES string of the molecule is CC(C)C(C)(CC(C)(C)C)C(=O)OC1CC2CC3C1OC(=O)C3C2C(=O)OC(C(F)(F)F)C(F)(F)F. The highest BCUT2D eigenvalue weighted by molar-refractivity contribution is 5.85. The molecular weight excluding hydrogens is 498 g/mol. The zero-order chi connectivity index (χ0) is 27.6. The number of carbonyl (C=O) groups excluding carboxylic acids is 3. The number of ether oxygens (including phenoxy) is 3. The summed E-state index contributed by atoms with van der Waals surface area (Å²) in [5.74, 6) is -7.57. The molecule has 0 aromatic heterocycles. The fraction of sp³-hybridized carbons (Fsp3) is 0.875. The molecule has 7 atom stereocenters. The van der Waals surface area contributed by atoms with Gasteiger partial charge in [-0.15, -0.1) is 0 Å². The van der Waals surface area contributed by atoms with Gasteiger partial charge < -0.3 is 14.2 Å². The fourth-order valence-electron chi connectivity index (χ4n) is 6.04. The Hall–Kier alpha value is -2.01. The number of fused-ring (bicyclic) bond motifs is 1. The Labute approximate surface area is 205 Å². The van der Waals surface area contributed by atoms with Gasteiger partial charge >= 0.3 is 30.3 Å². The average Bonchev–Trinajstić information content (AvgIpc) is 3.16. The van der Waals surface area contributed by atoms with Crippen LogP contribution in [0.5, 0.6) is 0 Å². The lowest BCUT2D eigenvalue weighted by atomic mass is 9.68. The lowest BCUT2D eigenvalue weighted by Gasteiger charge is -2.40. The van der Waals surface area contributed by atoms with Crippen LogP contribution in [0, 0.1) is 40.4 Å². The Morgan fingerprint density at radius 2 is 1.56 bits per heavy atom. The van der Waals surface area contributed by atoms with Crippen molar-refractivity contribution in [1.82, 2.24) is 0 Å². The van der Waals surface area contributed by atoms with Crippen molar-refractivity contribution in [3.05, 3.63) is 0 Å². The van der Waals surface area contributed by atoms with Crippen LogP contribution in [-0.2, 0) is 28.6 Å². The molecule has 3 fully saturated rings. The molecular formula is C24H32F6O6. The Morgan fingerprint density at radius 1 is 1.00 bits per heavy atom. The lowest BCUT2D eigenvalue weighted by molar-refractivity contribution is -0.314. The van der Waals surface area contributed by atoms with Crippen molar-refractivity contribution in [2.45, 2.75) is 91.5 Å². The van der Waals surface area contributed by atoms with E-state index in [0.717, 1.165) is 0 Å². The van der Waals surface area contributed by atoms with Crippen molar-refractivity contribution in [2.24, 2.45) is 40.4 Å². The summed E-state index contributed by atoms with van der Waals surface area (Å²) in [6.07, 6.45) is -17.3. The van der Waals surface area contributed by atoms with Gasteiger partial charge in [0.1, 0.15) is 12.2 Å². The summed E-state index contributed by atoms with van der Waals surface area (Å²) in [6.45, 7) is 11.4. The summed E-state index contributed by atoms with van der Waals surface area (Å²) in [4.78, 5) is 38.5. The van der Waals surface area contributed by atoms with E-state index in [1.165, 1.54) is 0 Å². The standard InChI is InChI=1S/C24H32F6O6/c1-10(2)22(6,9-21(3,4)5)20(33)34-13-8-11-7-12-15(18(32)35-16(12)13)14(11)17(31)36-19(23(25,26)27)24(28,29)30/h10-16,19H,7-9H2,1-6H3. The largest absolute Gasteiger partial charge is 0.458 e. The van der Waals surface area contributed by atoms with E-state index in [1.54, 1.807) is 6.92 Å². The van der Waals surface area contributed by atoms with E-state index in [4.69, 9.17) is 9.47 Å². The number of hydrogen-bond donors (Lipinski definition) is 0. The molecule has 1 saturated heterocycles. The Bertz CT molecular complexity index is 877. The second-order valence-electron chi connectivity index (χ2n) is 12.0. The van der Waals surface area contributed by atoms with Gasteiger partial charge in [-0.05, 0) is 43.4 Å². The number of halogens is 6. The molecule has 36 heavy (non-hydrogen) atoms. The van der Waals surface area contributed by atoms with Crippen LogP contribution in [0.15, 0.2) is 0 Å². The van der Waals surface area contributed by atoms with Gasteiger partial charge in [0.05, 0.1) is 17.3 Å². The maximum Gasteiger partial charge on any atom is 0.434 e. The van der Waals surface area contributed by atoms with Crippen molar-refractivity contribution in [1.29, 1.82) is 0 Å². The van der Waals surface area contributed by atoms with Crippen LogP contribution >= 0.6 is 0 Å². The number of rotatable bonds is 6. The minimum absolute atomic E-state index is 0.0388. The smallest absolute Gasteiger partial charge is 0.434 e. The molecule has 2 aliphatic carbocycles. The molecule has 12 heteroatoms. The highest BCUT2D eigenvalue weighted by Crippen LogP contribution is 2.57. The first-order valence-corrected chi connectivity index (χ1v) is 11.9. The predicted octanol–water partition coefficient (Wildman–Crippen LogP) is 5.23. The summed E-state index contributed by atoms with van der Waals surface area (Å²) < 4.78 is 92.8. The molecule has 2 saturated carbocycles. The summed E-state index contributed by atoms with van der Waals surface area (Å²) in [5.41, 5.74) is -1.13. The summed E-state index contributed by atoms with van der Waals surface area (Å²) in [7, 11) is 0. The quantitative estimate of drug-likeness (QED) is 0.266. The zero-order valence-electron chi connectivity index (χ0n) is 21.0. The van der Waals surface area contributed by atoms with Crippen molar-refractivity contribution in [3.8, 4) is 0 Å². The first kappa shape index (κ1) is 28.6. The van der Waals surface area contributed by atoms with Crippen LogP contribution in [-0.4, -0.2) is 48.6 Å². The molecule has 3 rings (SSSR count). The molecule has 1 heterocycles. The lowest BCUT2D eigenvalue weighted by Crippen LogP contribution is -2.48. The van der Waals surface area contributed by atoms with Crippen molar-refractivity contribution >= 4 is 17.9 Å². The van der Waals surface area contributed by atoms with E-state index < -0.39 is 77.7 Å². The monoisotopic (exact) mass is 530 g/mol. The number of alkyl halides is 6. The molecule has 0 amide bonds. The Morgan fingerprint density at radius 3 is 2.03 bits per heavy atom. The highest BCUT2D eigenvalue weighted by atomic mass is 19.4. The van der Waals surface area contributed by atoms with Gasteiger partial charge in [0.15, 0.2) is 0 Å². The molecule has 0 N–H and O–H groups in total. The highest BCUT2D eigenvalue weighted by Gasteiger charge is 2.67. The first-order valence-electron chi connectivity index (χ1n) is 11.9. The second-order valence-corrected chi connectivity index (χ2v) is 12.0. The van der Waals surface area contributed by atoms with E-state index in [1.807, 2.05) is 34.6 Å². The van der Waals surface area contributed by atoms with E-state index in [-0.39, 0.29) is 24.2 Å². The summed E-state index contributed by atoms with van der Waals surface area (Å²) in [5, 5.41) is 0. The van der Waals surface area contributed by atoms with Gasteiger partial charge in [0, 0.05) is 5.92 Å². The van der Waals surface area contributed by atoms with Crippen LogP contribution < -0.4 is 0 Å². The fourth-order valence-corrected chi connectivity index (χ4v) is 6.04. The molecule has 1 aliphatic heterocycles. The van der Waals surface area contributed by atoms with Crippen LogP contribution in [0.25, 0.3) is 0 Å². The summed E-state index contributed by atoms with van der Waals surface area (Å²) in [6, 6.07) is 0. The van der Waals surface area contributed by atoms with Crippen molar-refractivity contribution in [2.75, 3.05) is 0 Å². The minimum atomic E-state index is -5.87. The number of hydrogen-bond acceptors (Lipinski definition) is 6. The topological polar surface area (TPSA) is 78.9 Å². The molecule has 3 aliphatic rings. The van der Waals surface area contributed by atoms with Crippen LogP contribution in [0.2, 0.25) is 0 Å².